The molecule has 2 rings (SSSR count). The van der Waals surface area contributed by atoms with Crippen molar-refractivity contribution in [1.29, 1.82) is 0 Å². The average Bonchev–Trinajstić information content (AvgIpc) is 2.59. The fourth-order valence-electron chi connectivity index (χ4n) is 4.79. The molecule has 2 aliphatic carbocycles. The first kappa shape index (κ1) is 23.2. The van der Waals surface area contributed by atoms with E-state index in [1.165, 1.54) is 0 Å². The number of carbonyl (C=O) groups excluding carboxylic acids is 2. The lowest BCUT2D eigenvalue weighted by molar-refractivity contribution is -0.158. The van der Waals surface area contributed by atoms with Gasteiger partial charge >= 0.3 is 11.9 Å². The highest BCUT2D eigenvalue weighted by atomic mass is 16.5. The maximum Gasteiger partial charge on any atom is 0.306 e. The van der Waals surface area contributed by atoms with Gasteiger partial charge in [0.1, 0.15) is 12.2 Å². The van der Waals surface area contributed by atoms with Crippen LogP contribution in [0.2, 0.25) is 0 Å². The Balaban J connectivity index is 1.61. The predicted molar refractivity (Wildman–Crippen MR) is 112 cm³/mol. The first-order chi connectivity index (χ1) is 12.9. The molecule has 0 bridgehead atoms. The van der Waals surface area contributed by atoms with Crippen molar-refractivity contribution in [3.63, 3.8) is 0 Å². The zero-order valence-corrected chi connectivity index (χ0v) is 19.0. The number of hydrogen-bond acceptors (Lipinski definition) is 4. The van der Waals surface area contributed by atoms with Gasteiger partial charge in [-0.15, -0.1) is 0 Å². The van der Waals surface area contributed by atoms with Crippen LogP contribution in [0.4, 0.5) is 0 Å². The maximum atomic E-state index is 12.1. The van der Waals surface area contributed by atoms with E-state index in [-0.39, 0.29) is 37.0 Å². The van der Waals surface area contributed by atoms with Crippen molar-refractivity contribution in [2.45, 2.75) is 118 Å². The van der Waals surface area contributed by atoms with Crippen molar-refractivity contribution in [1.82, 2.24) is 0 Å². The number of ether oxygens (including phenoxy) is 2. The molecule has 0 amide bonds. The Morgan fingerprint density at radius 3 is 1.14 bits per heavy atom. The van der Waals surface area contributed by atoms with Gasteiger partial charge in [0.05, 0.1) is 12.8 Å². The summed E-state index contributed by atoms with van der Waals surface area (Å²) in [7, 11) is 0. The van der Waals surface area contributed by atoms with Gasteiger partial charge in [0.25, 0.3) is 0 Å². The normalized spacial score (nSPS) is 29.2. The summed E-state index contributed by atoms with van der Waals surface area (Å²) < 4.78 is 11.2. The summed E-state index contributed by atoms with van der Waals surface area (Å²) in [6.45, 7) is 13.7. The van der Waals surface area contributed by atoms with Gasteiger partial charge in [-0.1, -0.05) is 41.5 Å². The van der Waals surface area contributed by atoms with Gasteiger partial charge in [-0.2, -0.15) is 0 Å². The first-order valence-electron chi connectivity index (χ1n) is 11.3. The lowest BCUT2D eigenvalue weighted by Gasteiger charge is -2.36. The van der Waals surface area contributed by atoms with Gasteiger partial charge in [-0.05, 0) is 74.0 Å². The Labute approximate surface area is 172 Å². The lowest BCUT2D eigenvalue weighted by Crippen LogP contribution is -2.31. The highest BCUT2D eigenvalue weighted by molar-refractivity contribution is 5.77. The fourth-order valence-corrected chi connectivity index (χ4v) is 4.79. The van der Waals surface area contributed by atoms with E-state index in [2.05, 4.69) is 41.5 Å². The van der Waals surface area contributed by atoms with Crippen LogP contribution in [0.1, 0.15) is 106 Å². The van der Waals surface area contributed by atoms with E-state index in [0.717, 1.165) is 51.4 Å². The number of carbonyl (C=O) groups is 2. The third-order valence-electron chi connectivity index (χ3n) is 6.93. The van der Waals surface area contributed by atoms with E-state index >= 15 is 0 Å². The SMILES string of the molecule is CC(C)(C)C1CCC(OC(=O)CCC(=O)OC2CCC(C(C)(C)C)CC2)CC1. The van der Waals surface area contributed by atoms with Gasteiger partial charge in [-0.3, -0.25) is 9.59 Å². The molecule has 4 nitrogen and oxygen atoms in total. The zero-order chi connectivity index (χ0) is 20.9. The molecule has 162 valence electrons. The zero-order valence-electron chi connectivity index (χ0n) is 19.0. The Bertz CT molecular complexity index is 462. The molecule has 0 aromatic rings. The van der Waals surface area contributed by atoms with Gasteiger partial charge in [-0.25, -0.2) is 0 Å². The van der Waals surface area contributed by atoms with Crippen LogP contribution in [-0.4, -0.2) is 24.1 Å². The molecule has 0 N–H and O–H groups in total. The van der Waals surface area contributed by atoms with Crippen LogP contribution in [0.15, 0.2) is 0 Å². The standard InChI is InChI=1S/C24H42O4/c1-23(2,3)17-7-11-19(12-8-17)27-21(25)15-16-22(26)28-20-13-9-18(10-14-20)24(4,5)6/h17-20H,7-16H2,1-6H3. The third-order valence-corrected chi connectivity index (χ3v) is 6.93. The van der Waals surface area contributed by atoms with Crippen molar-refractivity contribution in [3.8, 4) is 0 Å². The van der Waals surface area contributed by atoms with Crippen molar-refractivity contribution in [2.24, 2.45) is 22.7 Å². The second-order valence-corrected chi connectivity index (χ2v) is 11.2. The molecule has 2 fully saturated rings. The van der Waals surface area contributed by atoms with E-state index in [0.29, 0.717) is 22.7 Å². The molecular weight excluding hydrogens is 352 g/mol. The molecule has 0 atom stereocenters. The van der Waals surface area contributed by atoms with Crippen LogP contribution in [0.3, 0.4) is 0 Å². The summed E-state index contributed by atoms with van der Waals surface area (Å²) in [5, 5.41) is 0. The van der Waals surface area contributed by atoms with Crippen LogP contribution >= 0.6 is 0 Å². The number of esters is 2. The van der Waals surface area contributed by atoms with Crippen LogP contribution in [0.25, 0.3) is 0 Å². The third kappa shape index (κ3) is 7.40. The molecule has 2 saturated carbocycles. The number of rotatable bonds is 5. The second kappa shape index (κ2) is 9.63. The Morgan fingerprint density at radius 2 is 0.893 bits per heavy atom. The summed E-state index contributed by atoms with van der Waals surface area (Å²) >= 11 is 0. The van der Waals surface area contributed by atoms with Crippen LogP contribution in [0, 0.1) is 22.7 Å². The second-order valence-electron chi connectivity index (χ2n) is 11.2. The minimum atomic E-state index is -0.257. The molecule has 0 aliphatic heterocycles. The monoisotopic (exact) mass is 394 g/mol. The molecule has 0 aromatic heterocycles. The summed E-state index contributed by atoms with van der Waals surface area (Å²) in [5.74, 6) is 0.886. The topological polar surface area (TPSA) is 52.6 Å². The summed E-state index contributed by atoms with van der Waals surface area (Å²) in [6, 6.07) is 0. The van der Waals surface area contributed by atoms with Gasteiger partial charge in [0.15, 0.2) is 0 Å². The lowest BCUT2D eigenvalue weighted by atomic mass is 9.72. The molecule has 2 aliphatic rings. The molecule has 4 heteroatoms. The quantitative estimate of drug-likeness (QED) is 0.532. The van der Waals surface area contributed by atoms with Gasteiger partial charge in [0.2, 0.25) is 0 Å². The molecule has 0 unspecified atom stereocenters. The summed E-state index contributed by atoms with van der Waals surface area (Å²) in [4.78, 5) is 24.2. The molecule has 28 heavy (non-hydrogen) atoms. The molecule has 0 aromatic carbocycles. The summed E-state index contributed by atoms with van der Waals surface area (Å²) in [6.07, 6.45) is 8.52. The van der Waals surface area contributed by atoms with E-state index in [1.54, 1.807) is 0 Å². The van der Waals surface area contributed by atoms with Crippen molar-refractivity contribution >= 4 is 11.9 Å². The highest BCUT2D eigenvalue weighted by Gasteiger charge is 2.32. The fraction of sp³-hybridized carbons (Fsp3) is 0.917. The Hall–Kier alpha value is -1.06. The van der Waals surface area contributed by atoms with Gasteiger partial charge in [0, 0.05) is 0 Å². The maximum absolute atomic E-state index is 12.1. The van der Waals surface area contributed by atoms with Crippen LogP contribution in [0.5, 0.6) is 0 Å². The van der Waals surface area contributed by atoms with Crippen molar-refractivity contribution in [3.05, 3.63) is 0 Å². The van der Waals surface area contributed by atoms with E-state index < -0.39 is 0 Å². The Morgan fingerprint density at radius 1 is 0.607 bits per heavy atom. The minimum Gasteiger partial charge on any atom is -0.462 e. The van der Waals surface area contributed by atoms with E-state index in [1.807, 2.05) is 0 Å². The van der Waals surface area contributed by atoms with E-state index in [4.69, 9.17) is 9.47 Å². The number of hydrogen-bond donors (Lipinski definition) is 0. The molecule has 0 saturated heterocycles. The Kier molecular flexibility index (Phi) is 7.98. The van der Waals surface area contributed by atoms with E-state index in [9.17, 15) is 9.59 Å². The minimum absolute atomic E-state index is 0.0230. The highest BCUT2D eigenvalue weighted by Crippen LogP contribution is 2.39. The van der Waals surface area contributed by atoms with Crippen molar-refractivity contribution in [2.75, 3.05) is 0 Å². The molecule has 0 radical (unpaired) electrons. The smallest absolute Gasteiger partial charge is 0.306 e. The average molecular weight is 395 g/mol. The first-order valence-corrected chi connectivity index (χ1v) is 11.3. The molecule has 0 heterocycles. The van der Waals surface area contributed by atoms with Gasteiger partial charge < -0.3 is 9.47 Å². The van der Waals surface area contributed by atoms with Crippen molar-refractivity contribution < 1.29 is 19.1 Å². The molecular formula is C24H42O4. The predicted octanol–water partition coefficient (Wildman–Crippen LogP) is 6.06. The molecule has 0 spiro atoms. The summed E-state index contributed by atoms with van der Waals surface area (Å²) in [5.41, 5.74) is 0.648. The largest absolute Gasteiger partial charge is 0.462 e. The van der Waals surface area contributed by atoms with Crippen LogP contribution < -0.4 is 0 Å². The van der Waals surface area contributed by atoms with Crippen LogP contribution in [-0.2, 0) is 19.1 Å².